The molecule has 2 rings (SSSR count). The lowest BCUT2D eigenvalue weighted by Crippen LogP contribution is -2.46. The van der Waals surface area contributed by atoms with E-state index < -0.39 is 6.03 Å². The van der Waals surface area contributed by atoms with Crippen molar-refractivity contribution in [3.63, 3.8) is 0 Å². The van der Waals surface area contributed by atoms with Crippen molar-refractivity contribution in [2.75, 3.05) is 6.54 Å². The van der Waals surface area contributed by atoms with Gasteiger partial charge in [0.1, 0.15) is 6.34 Å². The number of allylic oxidation sites excluding steroid dienone is 1. The predicted octanol–water partition coefficient (Wildman–Crippen LogP) is 0.474. The molecule has 96 valence electrons. The molecule has 7 nitrogen and oxygen atoms in total. The molecule has 1 aliphatic rings. The van der Waals surface area contributed by atoms with Crippen molar-refractivity contribution in [1.82, 2.24) is 20.0 Å². The molecule has 0 saturated carbocycles. The van der Waals surface area contributed by atoms with Gasteiger partial charge in [0.15, 0.2) is 0 Å². The number of rotatable bonds is 4. The maximum Gasteiger partial charge on any atom is 0.331 e. The summed E-state index contributed by atoms with van der Waals surface area (Å²) < 4.78 is 1.96. The minimum atomic E-state index is -0.588. The van der Waals surface area contributed by atoms with Gasteiger partial charge in [0.25, 0.3) is 0 Å². The molecular weight excluding hydrogens is 232 g/mol. The van der Waals surface area contributed by atoms with Gasteiger partial charge < -0.3 is 10.3 Å². The Bertz CT molecular complexity index is 476. The molecule has 0 radical (unpaired) electrons. The van der Waals surface area contributed by atoms with Crippen LogP contribution in [0.1, 0.15) is 13.3 Å². The largest absolute Gasteiger partial charge is 0.350 e. The van der Waals surface area contributed by atoms with Gasteiger partial charge in [-0.25, -0.2) is 20.2 Å². The highest BCUT2D eigenvalue weighted by Crippen LogP contribution is 2.16. The number of hydrazine groups is 1. The molecule has 18 heavy (non-hydrogen) atoms. The van der Waals surface area contributed by atoms with Crippen LogP contribution < -0.4 is 11.2 Å². The highest BCUT2D eigenvalue weighted by Gasteiger charge is 2.14. The topological polar surface area (TPSA) is 88.5 Å². The van der Waals surface area contributed by atoms with Crippen molar-refractivity contribution in [3.8, 4) is 0 Å². The maximum atomic E-state index is 10.8. The lowest BCUT2D eigenvalue weighted by Gasteiger charge is -2.25. The summed E-state index contributed by atoms with van der Waals surface area (Å²) in [7, 11) is 0. The molecular formula is C11H16N6O. The van der Waals surface area contributed by atoms with Crippen molar-refractivity contribution < 1.29 is 4.79 Å². The van der Waals surface area contributed by atoms with Crippen molar-refractivity contribution in [3.05, 3.63) is 30.0 Å². The second-order valence-electron chi connectivity index (χ2n) is 3.99. The van der Waals surface area contributed by atoms with Gasteiger partial charge in [0, 0.05) is 12.4 Å². The van der Waals surface area contributed by atoms with Crippen LogP contribution in [0.3, 0.4) is 0 Å². The Morgan fingerprint density at radius 2 is 2.44 bits per heavy atom. The molecule has 2 heterocycles. The van der Waals surface area contributed by atoms with Crippen LogP contribution in [0.15, 0.2) is 35.0 Å². The number of urea groups is 1. The molecule has 0 aromatic carbocycles. The Balaban J connectivity index is 2.08. The third-order valence-corrected chi connectivity index (χ3v) is 2.69. The molecule has 0 saturated heterocycles. The summed E-state index contributed by atoms with van der Waals surface area (Å²) >= 11 is 0. The van der Waals surface area contributed by atoms with Crippen LogP contribution in [0, 0.1) is 0 Å². The van der Waals surface area contributed by atoms with Crippen molar-refractivity contribution in [1.29, 1.82) is 0 Å². The first-order valence-corrected chi connectivity index (χ1v) is 5.72. The first-order chi connectivity index (χ1) is 8.69. The average molecular weight is 248 g/mol. The Morgan fingerprint density at radius 1 is 1.61 bits per heavy atom. The molecule has 0 atom stereocenters. The van der Waals surface area contributed by atoms with Crippen LogP contribution >= 0.6 is 0 Å². The molecule has 0 fully saturated rings. The Morgan fingerprint density at radius 3 is 3.06 bits per heavy atom. The molecule has 3 N–H and O–H groups in total. The van der Waals surface area contributed by atoms with Crippen LogP contribution in [-0.4, -0.2) is 33.5 Å². The summed E-state index contributed by atoms with van der Waals surface area (Å²) in [6.07, 6.45) is 7.84. The van der Waals surface area contributed by atoms with E-state index in [0.29, 0.717) is 13.1 Å². The van der Waals surface area contributed by atoms with Crippen molar-refractivity contribution >= 4 is 12.4 Å². The van der Waals surface area contributed by atoms with Crippen LogP contribution in [-0.2, 0) is 6.54 Å². The van der Waals surface area contributed by atoms with Gasteiger partial charge in [-0.05, 0) is 12.0 Å². The quantitative estimate of drug-likeness (QED) is 0.812. The fourth-order valence-electron chi connectivity index (χ4n) is 1.80. The van der Waals surface area contributed by atoms with E-state index in [1.165, 1.54) is 5.57 Å². The third kappa shape index (κ3) is 2.88. The van der Waals surface area contributed by atoms with E-state index >= 15 is 0 Å². The molecule has 0 bridgehead atoms. The predicted molar refractivity (Wildman–Crippen MR) is 67.5 cm³/mol. The molecule has 1 aliphatic heterocycles. The van der Waals surface area contributed by atoms with Crippen LogP contribution in [0.4, 0.5) is 4.79 Å². The number of hydrogen-bond donors (Lipinski definition) is 2. The monoisotopic (exact) mass is 248 g/mol. The lowest BCUT2D eigenvalue weighted by molar-refractivity contribution is 0.229. The summed E-state index contributed by atoms with van der Waals surface area (Å²) in [6, 6.07) is -0.588. The second-order valence-corrected chi connectivity index (χ2v) is 3.99. The summed E-state index contributed by atoms with van der Waals surface area (Å²) in [5.74, 6) is 0. The highest BCUT2D eigenvalue weighted by atomic mass is 16.2. The smallest absolute Gasteiger partial charge is 0.331 e. The van der Waals surface area contributed by atoms with Gasteiger partial charge in [0.2, 0.25) is 0 Å². The molecule has 0 unspecified atom stereocenters. The number of carbonyl (C=O) groups is 1. The summed E-state index contributed by atoms with van der Waals surface area (Å²) in [4.78, 5) is 19.1. The zero-order valence-electron chi connectivity index (χ0n) is 10.2. The first kappa shape index (κ1) is 12.2. The maximum absolute atomic E-state index is 10.8. The summed E-state index contributed by atoms with van der Waals surface area (Å²) in [5.41, 5.74) is 9.73. The summed E-state index contributed by atoms with van der Waals surface area (Å²) in [6.45, 7) is 3.35. The zero-order chi connectivity index (χ0) is 13.0. The standard InChI is InChI=1S/C11H16N6O/c1-2-9-5-17(15-11(12)18)8-14-10(9)6-16-4-3-13-7-16/h3-4,7-8H,2,5-6H2,1H3,(H3,12,15,18). The van der Waals surface area contributed by atoms with E-state index in [1.54, 1.807) is 23.9 Å². The Kier molecular flexibility index (Phi) is 3.61. The number of nitrogens with one attached hydrogen (secondary N) is 1. The van der Waals surface area contributed by atoms with Gasteiger partial charge >= 0.3 is 6.03 Å². The van der Waals surface area contributed by atoms with Crippen LogP contribution in [0.25, 0.3) is 0 Å². The Labute approximate surface area is 105 Å². The van der Waals surface area contributed by atoms with E-state index in [0.717, 1.165) is 12.1 Å². The minimum Gasteiger partial charge on any atom is -0.350 e. The van der Waals surface area contributed by atoms with Gasteiger partial charge in [-0.15, -0.1) is 0 Å². The third-order valence-electron chi connectivity index (χ3n) is 2.69. The number of carbonyl (C=O) groups excluding carboxylic acids is 1. The number of imidazole rings is 1. The highest BCUT2D eigenvalue weighted by molar-refractivity contribution is 5.74. The van der Waals surface area contributed by atoms with Gasteiger partial charge in [-0.2, -0.15) is 0 Å². The van der Waals surface area contributed by atoms with Crippen LogP contribution in [0.5, 0.6) is 0 Å². The Hall–Kier alpha value is -2.31. The number of hydrogen-bond acceptors (Lipinski definition) is 4. The fourth-order valence-corrected chi connectivity index (χ4v) is 1.80. The van der Waals surface area contributed by atoms with Gasteiger partial charge in [0.05, 0.1) is 25.1 Å². The van der Waals surface area contributed by atoms with E-state index in [9.17, 15) is 4.79 Å². The first-order valence-electron chi connectivity index (χ1n) is 5.72. The zero-order valence-corrected chi connectivity index (χ0v) is 10.2. The second kappa shape index (κ2) is 5.35. The minimum absolute atomic E-state index is 0.588. The summed E-state index contributed by atoms with van der Waals surface area (Å²) in [5, 5.41) is 1.58. The molecule has 7 heteroatoms. The molecule has 1 aromatic heterocycles. The van der Waals surface area contributed by atoms with E-state index in [-0.39, 0.29) is 0 Å². The number of nitrogens with two attached hydrogens (primary N) is 1. The van der Waals surface area contributed by atoms with Crippen molar-refractivity contribution in [2.24, 2.45) is 10.7 Å². The lowest BCUT2D eigenvalue weighted by atomic mass is 10.1. The van der Waals surface area contributed by atoms with Crippen LogP contribution in [0.2, 0.25) is 0 Å². The molecule has 2 amide bonds. The number of aliphatic imine (C=N–C) groups is 1. The molecule has 0 aliphatic carbocycles. The normalized spacial score (nSPS) is 15.1. The van der Waals surface area contributed by atoms with Gasteiger partial charge in [-0.3, -0.25) is 5.01 Å². The number of aromatic nitrogens is 2. The molecule has 0 spiro atoms. The van der Waals surface area contributed by atoms with E-state index in [4.69, 9.17) is 5.73 Å². The number of amides is 2. The SMILES string of the molecule is CCC1=C(Cn2ccnc2)N=CN(NC(N)=O)C1. The number of primary amides is 1. The molecule has 1 aromatic rings. The van der Waals surface area contributed by atoms with Crippen molar-refractivity contribution in [2.45, 2.75) is 19.9 Å². The van der Waals surface area contributed by atoms with Gasteiger partial charge in [-0.1, -0.05) is 6.92 Å². The fraction of sp³-hybridized carbons (Fsp3) is 0.364. The van der Waals surface area contributed by atoms with E-state index in [2.05, 4.69) is 22.3 Å². The number of nitrogens with zero attached hydrogens (tertiary/aromatic N) is 4. The average Bonchev–Trinajstić information content (AvgIpc) is 2.83. The van der Waals surface area contributed by atoms with E-state index in [1.807, 2.05) is 10.8 Å².